The van der Waals surface area contributed by atoms with Gasteiger partial charge < -0.3 is 5.11 Å². The zero-order valence-electron chi connectivity index (χ0n) is 8.28. The summed E-state index contributed by atoms with van der Waals surface area (Å²) in [5.41, 5.74) is 1.17. The Balaban J connectivity index is 2.53. The molecule has 0 aromatic carbocycles. The van der Waals surface area contributed by atoms with Crippen LogP contribution in [0.1, 0.15) is 12.5 Å². The molecule has 0 unspecified atom stereocenters. The van der Waals surface area contributed by atoms with Crippen LogP contribution < -0.4 is 0 Å². The molecule has 1 N–H and O–H groups in total. The second kappa shape index (κ2) is 6.11. The van der Waals surface area contributed by atoms with Gasteiger partial charge in [-0.2, -0.15) is 0 Å². The van der Waals surface area contributed by atoms with Crippen molar-refractivity contribution in [1.82, 2.24) is 9.88 Å². The molecular formula is C10H15BrN2O. The number of aliphatic hydroxyl groups is 1. The van der Waals surface area contributed by atoms with Crippen LogP contribution in [0.25, 0.3) is 0 Å². The first-order valence-corrected chi connectivity index (χ1v) is 5.49. The maximum atomic E-state index is 8.83. The molecule has 0 amide bonds. The SMILES string of the molecule is CCN(CCO)Cc1ccc(Br)nc1. The van der Waals surface area contributed by atoms with Crippen molar-refractivity contribution in [2.24, 2.45) is 0 Å². The molecule has 0 fully saturated rings. The van der Waals surface area contributed by atoms with Gasteiger partial charge in [-0.15, -0.1) is 0 Å². The summed E-state index contributed by atoms with van der Waals surface area (Å²) in [4.78, 5) is 6.33. The van der Waals surface area contributed by atoms with E-state index in [1.807, 2.05) is 18.3 Å². The molecule has 0 saturated heterocycles. The largest absolute Gasteiger partial charge is 0.395 e. The van der Waals surface area contributed by atoms with Gasteiger partial charge in [0.25, 0.3) is 0 Å². The summed E-state index contributed by atoms with van der Waals surface area (Å²) in [6, 6.07) is 3.97. The molecule has 1 aromatic rings. The molecule has 14 heavy (non-hydrogen) atoms. The highest BCUT2D eigenvalue weighted by Crippen LogP contribution is 2.08. The fourth-order valence-electron chi connectivity index (χ4n) is 1.25. The molecule has 0 aliphatic carbocycles. The molecule has 1 aromatic heterocycles. The molecule has 0 atom stereocenters. The van der Waals surface area contributed by atoms with Crippen molar-refractivity contribution >= 4 is 15.9 Å². The van der Waals surface area contributed by atoms with Gasteiger partial charge in [-0.1, -0.05) is 13.0 Å². The summed E-state index contributed by atoms with van der Waals surface area (Å²) in [5.74, 6) is 0. The monoisotopic (exact) mass is 258 g/mol. The first-order chi connectivity index (χ1) is 6.76. The number of hydrogen-bond acceptors (Lipinski definition) is 3. The van der Waals surface area contributed by atoms with Crippen LogP contribution in [0, 0.1) is 0 Å². The van der Waals surface area contributed by atoms with Gasteiger partial charge >= 0.3 is 0 Å². The lowest BCUT2D eigenvalue weighted by molar-refractivity contribution is 0.196. The molecule has 0 aliphatic rings. The number of rotatable bonds is 5. The van der Waals surface area contributed by atoms with Crippen LogP contribution >= 0.6 is 15.9 Å². The van der Waals surface area contributed by atoms with Crippen molar-refractivity contribution in [1.29, 1.82) is 0 Å². The third-order valence-electron chi connectivity index (χ3n) is 2.06. The number of aromatic nitrogens is 1. The lowest BCUT2D eigenvalue weighted by Crippen LogP contribution is -2.26. The average Bonchev–Trinajstić information content (AvgIpc) is 2.20. The second-order valence-corrected chi connectivity index (χ2v) is 3.89. The van der Waals surface area contributed by atoms with Crippen molar-refractivity contribution in [3.8, 4) is 0 Å². The zero-order chi connectivity index (χ0) is 10.4. The molecule has 0 bridgehead atoms. The molecular weight excluding hydrogens is 244 g/mol. The maximum Gasteiger partial charge on any atom is 0.106 e. The Kier molecular flexibility index (Phi) is 5.07. The second-order valence-electron chi connectivity index (χ2n) is 3.08. The maximum absolute atomic E-state index is 8.83. The standard InChI is InChI=1S/C10H15BrN2O/c1-2-13(5-6-14)8-9-3-4-10(11)12-7-9/h3-4,7,14H,2,5-6,8H2,1H3. The van der Waals surface area contributed by atoms with Crippen LogP contribution in [0.3, 0.4) is 0 Å². The van der Waals surface area contributed by atoms with E-state index in [-0.39, 0.29) is 6.61 Å². The van der Waals surface area contributed by atoms with Gasteiger partial charge in [0.15, 0.2) is 0 Å². The fraction of sp³-hybridized carbons (Fsp3) is 0.500. The Bertz CT molecular complexity index is 263. The summed E-state index contributed by atoms with van der Waals surface area (Å²) in [7, 11) is 0. The van der Waals surface area contributed by atoms with E-state index in [0.717, 1.165) is 17.7 Å². The molecule has 1 heterocycles. The van der Waals surface area contributed by atoms with Crippen molar-refractivity contribution < 1.29 is 5.11 Å². The van der Waals surface area contributed by atoms with Gasteiger partial charge in [0, 0.05) is 19.3 Å². The van der Waals surface area contributed by atoms with Gasteiger partial charge in [0.1, 0.15) is 4.60 Å². The third-order valence-corrected chi connectivity index (χ3v) is 2.53. The normalized spacial score (nSPS) is 10.9. The van der Waals surface area contributed by atoms with E-state index in [1.165, 1.54) is 5.56 Å². The highest BCUT2D eigenvalue weighted by Gasteiger charge is 2.02. The van der Waals surface area contributed by atoms with Gasteiger partial charge in [-0.3, -0.25) is 4.90 Å². The zero-order valence-corrected chi connectivity index (χ0v) is 9.87. The quantitative estimate of drug-likeness (QED) is 0.817. The van der Waals surface area contributed by atoms with Crippen LogP contribution in [-0.2, 0) is 6.54 Å². The molecule has 0 spiro atoms. The summed E-state index contributed by atoms with van der Waals surface area (Å²) >= 11 is 3.29. The smallest absolute Gasteiger partial charge is 0.106 e. The highest BCUT2D eigenvalue weighted by molar-refractivity contribution is 9.10. The van der Waals surface area contributed by atoms with Crippen LogP contribution in [0.15, 0.2) is 22.9 Å². The number of nitrogens with zero attached hydrogens (tertiary/aromatic N) is 2. The van der Waals surface area contributed by atoms with E-state index in [1.54, 1.807) is 0 Å². The van der Waals surface area contributed by atoms with Crippen LogP contribution in [0.5, 0.6) is 0 Å². The van der Waals surface area contributed by atoms with E-state index >= 15 is 0 Å². The summed E-state index contributed by atoms with van der Waals surface area (Å²) in [6.07, 6.45) is 1.85. The van der Waals surface area contributed by atoms with Gasteiger partial charge in [0.05, 0.1) is 6.61 Å². The number of aliphatic hydroxyl groups excluding tert-OH is 1. The number of likely N-dealkylation sites (N-methyl/N-ethyl adjacent to an activating group) is 1. The number of halogens is 1. The van der Waals surface area contributed by atoms with E-state index in [0.29, 0.717) is 6.54 Å². The van der Waals surface area contributed by atoms with E-state index in [2.05, 4.69) is 32.7 Å². The molecule has 3 nitrogen and oxygen atoms in total. The molecule has 0 radical (unpaired) electrons. The predicted molar refractivity (Wildman–Crippen MR) is 60.0 cm³/mol. The van der Waals surface area contributed by atoms with Gasteiger partial charge in [-0.25, -0.2) is 4.98 Å². The summed E-state index contributed by atoms with van der Waals surface area (Å²) in [6.45, 7) is 4.79. The first-order valence-electron chi connectivity index (χ1n) is 4.70. The Morgan fingerprint density at radius 1 is 1.50 bits per heavy atom. The van der Waals surface area contributed by atoms with E-state index < -0.39 is 0 Å². The minimum absolute atomic E-state index is 0.206. The Labute approximate surface area is 92.9 Å². The number of hydrogen-bond donors (Lipinski definition) is 1. The molecule has 78 valence electrons. The average molecular weight is 259 g/mol. The predicted octanol–water partition coefficient (Wildman–Crippen LogP) is 1.66. The highest BCUT2D eigenvalue weighted by atomic mass is 79.9. The summed E-state index contributed by atoms with van der Waals surface area (Å²) in [5, 5.41) is 8.83. The van der Waals surface area contributed by atoms with E-state index in [9.17, 15) is 0 Å². The van der Waals surface area contributed by atoms with Crippen LogP contribution in [0.4, 0.5) is 0 Å². The van der Waals surface area contributed by atoms with Crippen molar-refractivity contribution in [2.45, 2.75) is 13.5 Å². The lowest BCUT2D eigenvalue weighted by Gasteiger charge is -2.18. The molecule has 1 rings (SSSR count). The van der Waals surface area contributed by atoms with Gasteiger partial charge in [-0.05, 0) is 34.1 Å². The molecule has 0 saturated carbocycles. The Morgan fingerprint density at radius 3 is 2.79 bits per heavy atom. The van der Waals surface area contributed by atoms with Gasteiger partial charge in [0.2, 0.25) is 0 Å². The lowest BCUT2D eigenvalue weighted by atomic mass is 10.2. The van der Waals surface area contributed by atoms with Crippen molar-refractivity contribution in [2.75, 3.05) is 19.7 Å². The van der Waals surface area contributed by atoms with Crippen LogP contribution in [0.2, 0.25) is 0 Å². The topological polar surface area (TPSA) is 36.4 Å². The Morgan fingerprint density at radius 2 is 2.29 bits per heavy atom. The Hall–Kier alpha value is -0.450. The first kappa shape index (κ1) is 11.6. The minimum Gasteiger partial charge on any atom is -0.395 e. The fourth-order valence-corrected chi connectivity index (χ4v) is 1.48. The molecule has 4 heteroatoms. The number of pyridine rings is 1. The van der Waals surface area contributed by atoms with Crippen molar-refractivity contribution in [3.05, 3.63) is 28.5 Å². The van der Waals surface area contributed by atoms with Crippen LogP contribution in [-0.4, -0.2) is 34.7 Å². The molecule has 0 aliphatic heterocycles. The van der Waals surface area contributed by atoms with Crippen molar-refractivity contribution in [3.63, 3.8) is 0 Å². The summed E-state index contributed by atoms with van der Waals surface area (Å²) < 4.78 is 0.853. The van der Waals surface area contributed by atoms with E-state index in [4.69, 9.17) is 5.11 Å². The third kappa shape index (κ3) is 3.74. The minimum atomic E-state index is 0.206.